The molecule has 2 aromatic rings. The van der Waals surface area contributed by atoms with Crippen molar-refractivity contribution < 1.29 is 22.7 Å². The summed E-state index contributed by atoms with van der Waals surface area (Å²) in [5.41, 5.74) is 1.79. The molecular formula is C23H28N2O5S. The average molecular weight is 445 g/mol. The maximum atomic E-state index is 12.8. The first-order valence-corrected chi connectivity index (χ1v) is 12.2. The highest BCUT2D eigenvalue weighted by atomic mass is 32.2. The number of ether oxygens (including phenoxy) is 2. The number of hydrogen-bond acceptors (Lipinski definition) is 5. The number of benzene rings is 2. The van der Waals surface area contributed by atoms with Gasteiger partial charge < -0.3 is 14.8 Å². The Balaban J connectivity index is 1.25. The van der Waals surface area contributed by atoms with Gasteiger partial charge in [0.2, 0.25) is 15.9 Å². The van der Waals surface area contributed by atoms with Crippen LogP contribution >= 0.6 is 0 Å². The lowest BCUT2D eigenvalue weighted by atomic mass is 9.97. The molecule has 2 aliphatic heterocycles. The Morgan fingerprint density at radius 1 is 1.06 bits per heavy atom. The van der Waals surface area contributed by atoms with Gasteiger partial charge in [0, 0.05) is 19.0 Å². The fraction of sp³-hybridized carbons (Fsp3) is 0.435. The maximum Gasteiger partial charge on any atom is 0.223 e. The number of nitrogens with zero attached hydrogens (tertiary/aromatic N) is 1. The third kappa shape index (κ3) is 5.19. The second-order valence-corrected chi connectivity index (χ2v) is 10.1. The second-order valence-electron chi connectivity index (χ2n) is 8.10. The van der Waals surface area contributed by atoms with Crippen molar-refractivity contribution in [1.82, 2.24) is 9.62 Å². The zero-order valence-corrected chi connectivity index (χ0v) is 18.4. The van der Waals surface area contributed by atoms with Crippen molar-refractivity contribution in [3.8, 4) is 11.5 Å². The topological polar surface area (TPSA) is 84.9 Å². The highest BCUT2D eigenvalue weighted by Crippen LogP contribution is 2.30. The van der Waals surface area contributed by atoms with Crippen LogP contribution in [0.3, 0.4) is 0 Å². The van der Waals surface area contributed by atoms with E-state index >= 15 is 0 Å². The minimum Gasteiger partial charge on any atom is -0.486 e. The van der Waals surface area contributed by atoms with Crippen LogP contribution in [0.25, 0.3) is 0 Å². The number of carbonyl (C=O) groups is 1. The van der Waals surface area contributed by atoms with Crippen LogP contribution in [0.15, 0.2) is 48.5 Å². The number of carbonyl (C=O) groups excluding carboxylic acids is 1. The van der Waals surface area contributed by atoms with Gasteiger partial charge in [-0.25, -0.2) is 12.7 Å². The fourth-order valence-corrected chi connectivity index (χ4v) is 5.65. The molecule has 1 fully saturated rings. The van der Waals surface area contributed by atoms with E-state index in [1.807, 2.05) is 55.5 Å². The van der Waals surface area contributed by atoms with Crippen LogP contribution in [0, 0.1) is 12.8 Å². The molecule has 8 heteroatoms. The molecule has 0 saturated carbocycles. The van der Waals surface area contributed by atoms with Crippen molar-refractivity contribution in [2.45, 2.75) is 31.6 Å². The fourth-order valence-electron chi connectivity index (χ4n) is 3.98. The van der Waals surface area contributed by atoms with Gasteiger partial charge in [-0.1, -0.05) is 36.4 Å². The molecule has 1 amide bonds. The van der Waals surface area contributed by atoms with Gasteiger partial charge in [0.05, 0.1) is 12.3 Å². The Hall–Kier alpha value is -2.58. The van der Waals surface area contributed by atoms with E-state index in [0.717, 1.165) is 11.1 Å². The first kappa shape index (κ1) is 21.6. The van der Waals surface area contributed by atoms with Crippen LogP contribution in [-0.4, -0.2) is 51.0 Å². The lowest BCUT2D eigenvalue weighted by Crippen LogP contribution is -2.46. The molecule has 1 unspecified atom stereocenters. The van der Waals surface area contributed by atoms with Crippen LogP contribution in [0.5, 0.6) is 11.5 Å². The van der Waals surface area contributed by atoms with Crippen LogP contribution in [-0.2, 0) is 20.6 Å². The molecule has 1 atom stereocenters. The van der Waals surface area contributed by atoms with Gasteiger partial charge in [-0.2, -0.15) is 0 Å². The number of nitrogens with one attached hydrogen (secondary N) is 1. The SMILES string of the molecule is Cc1ccccc1CS(=O)(=O)N1CCC(C(=O)NCC2COc3ccccc3O2)CC1. The number of rotatable bonds is 6. The minimum atomic E-state index is -3.40. The predicted octanol–water partition coefficient (Wildman–Crippen LogP) is 2.49. The molecule has 2 aromatic carbocycles. The van der Waals surface area contributed by atoms with E-state index in [0.29, 0.717) is 50.6 Å². The molecule has 2 aliphatic rings. The van der Waals surface area contributed by atoms with Gasteiger partial charge in [-0.15, -0.1) is 0 Å². The van der Waals surface area contributed by atoms with Crippen LogP contribution in [0.1, 0.15) is 24.0 Å². The molecule has 0 aliphatic carbocycles. The van der Waals surface area contributed by atoms with Crippen LogP contribution in [0.4, 0.5) is 0 Å². The lowest BCUT2D eigenvalue weighted by molar-refractivity contribution is -0.126. The number of para-hydroxylation sites is 2. The highest BCUT2D eigenvalue weighted by molar-refractivity contribution is 7.88. The Labute approximate surface area is 183 Å². The number of hydrogen-bond donors (Lipinski definition) is 1. The summed E-state index contributed by atoms with van der Waals surface area (Å²) in [4.78, 5) is 12.6. The first-order chi connectivity index (χ1) is 14.9. The second kappa shape index (κ2) is 9.28. The van der Waals surface area contributed by atoms with Gasteiger partial charge in [0.1, 0.15) is 12.7 Å². The van der Waals surface area contributed by atoms with Crippen molar-refractivity contribution >= 4 is 15.9 Å². The van der Waals surface area contributed by atoms with Crippen molar-refractivity contribution in [3.05, 3.63) is 59.7 Å². The number of sulfonamides is 1. The highest BCUT2D eigenvalue weighted by Gasteiger charge is 2.32. The summed E-state index contributed by atoms with van der Waals surface area (Å²) in [6.07, 6.45) is 0.793. The number of piperidine rings is 1. The summed E-state index contributed by atoms with van der Waals surface area (Å²) in [6, 6.07) is 15.0. The molecule has 7 nitrogen and oxygen atoms in total. The van der Waals surface area contributed by atoms with E-state index in [1.165, 1.54) is 4.31 Å². The largest absolute Gasteiger partial charge is 0.486 e. The zero-order valence-electron chi connectivity index (χ0n) is 17.6. The molecule has 0 radical (unpaired) electrons. The Kier molecular flexibility index (Phi) is 6.48. The smallest absolute Gasteiger partial charge is 0.223 e. The molecule has 0 aromatic heterocycles. The standard InChI is InChI=1S/C23H28N2O5S/c1-17-6-2-3-7-19(17)16-31(27,28)25-12-10-18(11-13-25)23(26)24-14-20-15-29-21-8-4-5-9-22(21)30-20/h2-9,18,20H,10-16H2,1H3,(H,24,26). The molecule has 1 N–H and O–H groups in total. The summed E-state index contributed by atoms with van der Waals surface area (Å²) in [5, 5.41) is 2.94. The third-order valence-corrected chi connectivity index (χ3v) is 7.72. The van der Waals surface area contributed by atoms with Crippen molar-refractivity contribution in [2.75, 3.05) is 26.2 Å². The summed E-state index contributed by atoms with van der Waals surface area (Å²) >= 11 is 0. The van der Waals surface area contributed by atoms with Crippen molar-refractivity contribution in [2.24, 2.45) is 5.92 Å². The Bertz CT molecular complexity index is 1030. The number of fused-ring (bicyclic) bond motifs is 1. The quantitative estimate of drug-likeness (QED) is 0.740. The van der Waals surface area contributed by atoms with Gasteiger partial charge in [-0.05, 0) is 43.0 Å². The first-order valence-electron chi connectivity index (χ1n) is 10.6. The number of aryl methyl sites for hydroxylation is 1. The molecule has 0 bridgehead atoms. The summed E-state index contributed by atoms with van der Waals surface area (Å²) in [7, 11) is -3.40. The molecule has 4 rings (SSSR count). The van der Waals surface area contributed by atoms with E-state index in [-0.39, 0.29) is 23.7 Å². The van der Waals surface area contributed by atoms with Gasteiger partial charge in [0.25, 0.3) is 0 Å². The van der Waals surface area contributed by atoms with Crippen molar-refractivity contribution in [1.29, 1.82) is 0 Å². The van der Waals surface area contributed by atoms with Gasteiger partial charge in [0.15, 0.2) is 11.5 Å². The zero-order chi connectivity index (χ0) is 21.8. The predicted molar refractivity (Wildman–Crippen MR) is 117 cm³/mol. The Morgan fingerprint density at radius 2 is 1.74 bits per heavy atom. The maximum absolute atomic E-state index is 12.8. The van der Waals surface area contributed by atoms with Crippen LogP contribution < -0.4 is 14.8 Å². The average Bonchev–Trinajstić information content (AvgIpc) is 2.79. The third-order valence-electron chi connectivity index (χ3n) is 5.89. The van der Waals surface area contributed by atoms with Crippen molar-refractivity contribution in [3.63, 3.8) is 0 Å². The lowest BCUT2D eigenvalue weighted by Gasteiger charge is -2.31. The Morgan fingerprint density at radius 3 is 2.48 bits per heavy atom. The summed E-state index contributed by atoms with van der Waals surface area (Å²) < 4.78 is 38.7. The van der Waals surface area contributed by atoms with E-state index in [2.05, 4.69) is 5.32 Å². The molecule has 0 spiro atoms. The number of amides is 1. The molecule has 1 saturated heterocycles. The summed E-state index contributed by atoms with van der Waals surface area (Å²) in [6.45, 7) is 3.39. The van der Waals surface area contributed by atoms with Gasteiger partial charge in [-0.3, -0.25) is 4.79 Å². The van der Waals surface area contributed by atoms with E-state index in [4.69, 9.17) is 9.47 Å². The molecular weight excluding hydrogens is 416 g/mol. The molecule has 166 valence electrons. The van der Waals surface area contributed by atoms with Gasteiger partial charge >= 0.3 is 0 Å². The normalized spacial score (nSPS) is 19.7. The monoisotopic (exact) mass is 444 g/mol. The summed E-state index contributed by atoms with van der Waals surface area (Å²) in [5.74, 6) is 1.14. The molecule has 2 heterocycles. The van der Waals surface area contributed by atoms with Crippen LogP contribution in [0.2, 0.25) is 0 Å². The van der Waals surface area contributed by atoms with E-state index < -0.39 is 10.0 Å². The van der Waals surface area contributed by atoms with E-state index in [9.17, 15) is 13.2 Å². The van der Waals surface area contributed by atoms with E-state index in [1.54, 1.807) is 0 Å². The minimum absolute atomic E-state index is 0.00295. The molecule has 31 heavy (non-hydrogen) atoms.